The lowest BCUT2D eigenvalue weighted by atomic mass is 10.0. The summed E-state index contributed by atoms with van der Waals surface area (Å²) in [7, 11) is 0. The van der Waals surface area contributed by atoms with Gasteiger partial charge in [0.1, 0.15) is 11.9 Å². The molecule has 4 N–H and O–H groups in total. The van der Waals surface area contributed by atoms with Crippen LogP contribution in [-0.4, -0.2) is 23.9 Å². The van der Waals surface area contributed by atoms with Crippen LogP contribution >= 0.6 is 0 Å². The molecule has 0 fully saturated rings. The lowest BCUT2D eigenvalue weighted by molar-refractivity contribution is -0.118. The maximum absolute atomic E-state index is 13.3. The van der Waals surface area contributed by atoms with Crippen molar-refractivity contribution in [3.8, 4) is 0 Å². The lowest BCUT2D eigenvalue weighted by Crippen LogP contribution is -2.48. The number of carbonyl (C=O) groups is 3. The summed E-state index contributed by atoms with van der Waals surface area (Å²) in [5.74, 6) is -1.52. The number of benzene rings is 3. The van der Waals surface area contributed by atoms with Crippen molar-refractivity contribution in [2.24, 2.45) is 5.92 Å². The predicted octanol–water partition coefficient (Wildman–Crippen LogP) is 4.86. The molecule has 8 heteroatoms. The van der Waals surface area contributed by atoms with E-state index in [0.717, 1.165) is 0 Å². The number of halogens is 1. The summed E-state index contributed by atoms with van der Waals surface area (Å²) in [5.41, 5.74) is 1.61. The van der Waals surface area contributed by atoms with Crippen LogP contribution in [0, 0.1) is 11.7 Å². The lowest BCUT2D eigenvalue weighted by Gasteiger charge is -2.22. The number of para-hydroxylation sites is 1. The zero-order valence-corrected chi connectivity index (χ0v) is 18.3. The Balaban J connectivity index is 1.65. The van der Waals surface area contributed by atoms with Crippen molar-refractivity contribution in [3.05, 3.63) is 90.2 Å². The third-order valence-electron chi connectivity index (χ3n) is 4.74. The van der Waals surface area contributed by atoms with Crippen LogP contribution in [0.15, 0.2) is 78.9 Å². The Morgan fingerprint density at radius 3 is 2.03 bits per heavy atom. The number of hydrogen-bond donors (Lipinski definition) is 4. The van der Waals surface area contributed by atoms with Gasteiger partial charge >= 0.3 is 6.03 Å². The Morgan fingerprint density at radius 1 is 0.727 bits per heavy atom. The highest BCUT2D eigenvalue weighted by atomic mass is 19.1. The molecule has 3 rings (SSSR count). The van der Waals surface area contributed by atoms with E-state index in [1.807, 2.05) is 19.9 Å². The summed E-state index contributed by atoms with van der Waals surface area (Å²) in [6.07, 6.45) is 0. The maximum Gasteiger partial charge on any atom is 0.319 e. The molecule has 0 saturated heterocycles. The van der Waals surface area contributed by atoms with Crippen LogP contribution in [0.25, 0.3) is 0 Å². The van der Waals surface area contributed by atoms with Crippen LogP contribution in [0.3, 0.4) is 0 Å². The van der Waals surface area contributed by atoms with Gasteiger partial charge in [0.25, 0.3) is 5.91 Å². The van der Waals surface area contributed by atoms with Gasteiger partial charge in [0.15, 0.2) is 0 Å². The first-order valence-corrected chi connectivity index (χ1v) is 10.4. The van der Waals surface area contributed by atoms with E-state index in [9.17, 15) is 18.8 Å². The van der Waals surface area contributed by atoms with Gasteiger partial charge in [-0.1, -0.05) is 44.2 Å². The van der Waals surface area contributed by atoms with Gasteiger partial charge in [0.05, 0.1) is 0 Å². The van der Waals surface area contributed by atoms with Crippen molar-refractivity contribution in [1.82, 2.24) is 5.32 Å². The minimum atomic E-state index is -0.807. The zero-order valence-electron chi connectivity index (χ0n) is 18.3. The summed E-state index contributed by atoms with van der Waals surface area (Å²) in [6.45, 7) is 3.63. The summed E-state index contributed by atoms with van der Waals surface area (Å²) in [5, 5.41) is 10.7. The SMILES string of the molecule is CC(C)C(NC(=O)Nc1ccccc1)C(=O)Nc1cccc(C(=O)Nc2cccc(F)c2)c1. The predicted molar refractivity (Wildman–Crippen MR) is 127 cm³/mol. The molecule has 0 aromatic heterocycles. The van der Waals surface area contributed by atoms with Crippen molar-refractivity contribution in [1.29, 1.82) is 0 Å². The molecule has 7 nitrogen and oxygen atoms in total. The van der Waals surface area contributed by atoms with E-state index in [2.05, 4.69) is 21.3 Å². The van der Waals surface area contributed by atoms with Gasteiger partial charge in [0.2, 0.25) is 5.91 Å². The van der Waals surface area contributed by atoms with Crippen LogP contribution in [0.2, 0.25) is 0 Å². The van der Waals surface area contributed by atoms with E-state index < -0.39 is 29.7 Å². The highest BCUT2D eigenvalue weighted by molar-refractivity contribution is 6.06. The van der Waals surface area contributed by atoms with Crippen LogP contribution < -0.4 is 21.3 Å². The second kappa shape index (κ2) is 10.9. The second-order valence-corrected chi connectivity index (χ2v) is 7.72. The molecule has 0 spiro atoms. The largest absolute Gasteiger partial charge is 0.326 e. The summed E-state index contributed by atoms with van der Waals surface area (Å²) < 4.78 is 13.3. The molecule has 0 bridgehead atoms. The minimum Gasteiger partial charge on any atom is -0.326 e. The number of hydrogen-bond acceptors (Lipinski definition) is 3. The normalized spacial score (nSPS) is 11.4. The van der Waals surface area contributed by atoms with E-state index in [4.69, 9.17) is 0 Å². The average molecular weight is 448 g/mol. The van der Waals surface area contributed by atoms with Gasteiger partial charge in [-0.05, 0) is 54.4 Å². The Bertz CT molecular complexity index is 1140. The number of rotatable bonds is 7. The molecule has 0 heterocycles. The second-order valence-electron chi connectivity index (χ2n) is 7.72. The Kier molecular flexibility index (Phi) is 7.75. The Morgan fingerprint density at radius 2 is 1.36 bits per heavy atom. The summed E-state index contributed by atoms with van der Waals surface area (Å²) in [6, 6.07) is 19.5. The van der Waals surface area contributed by atoms with E-state index in [1.54, 1.807) is 48.5 Å². The quantitative estimate of drug-likeness (QED) is 0.415. The molecular weight excluding hydrogens is 423 g/mol. The zero-order chi connectivity index (χ0) is 23.8. The molecule has 3 aromatic rings. The van der Waals surface area contributed by atoms with E-state index in [1.165, 1.54) is 24.3 Å². The molecule has 33 heavy (non-hydrogen) atoms. The van der Waals surface area contributed by atoms with Gasteiger partial charge in [-0.25, -0.2) is 9.18 Å². The number of nitrogens with one attached hydrogen (secondary N) is 4. The molecule has 0 aliphatic rings. The smallest absolute Gasteiger partial charge is 0.319 e. The third kappa shape index (κ3) is 6.90. The molecule has 4 amide bonds. The third-order valence-corrected chi connectivity index (χ3v) is 4.74. The topological polar surface area (TPSA) is 99.3 Å². The van der Waals surface area contributed by atoms with Gasteiger partial charge in [-0.3, -0.25) is 9.59 Å². The van der Waals surface area contributed by atoms with Crippen molar-refractivity contribution in [2.45, 2.75) is 19.9 Å². The molecule has 170 valence electrons. The molecule has 1 atom stereocenters. The van der Waals surface area contributed by atoms with Gasteiger partial charge in [-0.15, -0.1) is 0 Å². The Hall–Kier alpha value is -4.20. The molecule has 0 aliphatic carbocycles. The molecule has 0 radical (unpaired) electrons. The molecule has 0 saturated carbocycles. The summed E-state index contributed by atoms with van der Waals surface area (Å²) >= 11 is 0. The molecule has 0 aliphatic heterocycles. The molecular formula is C25H25FN4O3. The van der Waals surface area contributed by atoms with Crippen molar-refractivity contribution < 1.29 is 18.8 Å². The van der Waals surface area contributed by atoms with Crippen LogP contribution in [0.5, 0.6) is 0 Å². The van der Waals surface area contributed by atoms with Gasteiger partial charge < -0.3 is 21.3 Å². The first-order chi connectivity index (χ1) is 15.8. The van der Waals surface area contributed by atoms with Crippen LogP contribution in [-0.2, 0) is 4.79 Å². The number of amides is 4. The fourth-order valence-corrected chi connectivity index (χ4v) is 3.09. The highest BCUT2D eigenvalue weighted by Crippen LogP contribution is 2.16. The molecule has 1 unspecified atom stereocenters. The van der Waals surface area contributed by atoms with Gasteiger partial charge in [0, 0.05) is 22.6 Å². The van der Waals surface area contributed by atoms with Crippen LogP contribution in [0.1, 0.15) is 24.2 Å². The fourth-order valence-electron chi connectivity index (χ4n) is 3.09. The van der Waals surface area contributed by atoms with Crippen LogP contribution in [0.4, 0.5) is 26.2 Å². The maximum atomic E-state index is 13.3. The van der Waals surface area contributed by atoms with E-state index in [-0.39, 0.29) is 11.5 Å². The van der Waals surface area contributed by atoms with E-state index in [0.29, 0.717) is 17.1 Å². The standard InChI is InChI=1S/C25H25FN4O3/c1-16(2)22(30-25(33)29-19-10-4-3-5-11-19)24(32)28-20-12-6-8-17(14-20)23(31)27-21-13-7-9-18(26)15-21/h3-16,22H,1-2H3,(H,27,31)(H,28,32)(H2,29,30,33). The molecule has 3 aromatic carbocycles. The first-order valence-electron chi connectivity index (χ1n) is 10.4. The highest BCUT2D eigenvalue weighted by Gasteiger charge is 2.24. The number of urea groups is 1. The fraction of sp³-hybridized carbons (Fsp3) is 0.160. The van der Waals surface area contributed by atoms with E-state index >= 15 is 0 Å². The van der Waals surface area contributed by atoms with Gasteiger partial charge in [-0.2, -0.15) is 0 Å². The van der Waals surface area contributed by atoms with Crippen molar-refractivity contribution >= 4 is 34.9 Å². The first kappa shape index (κ1) is 23.5. The monoisotopic (exact) mass is 448 g/mol. The van der Waals surface area contributed by atoms with Crippen molar-refractivity contribution in [2.75, 3.05) is 16.0 Å². The number of carbonyl (C=O) groups excluding carboxylic acids is 3. The summed E-state index contributed by atoms with van der Waals surface area (Å²) in [4.78, 5) is 37.7. The number of anilines is 3. The average Bonchev–Trinajstić information content (AvgIpc) is 2.78. The van der Waals surface area contributed by atoms with Crippen molar-refractivity contribution in [3.63, 3.8) is 0 Å². The minimum absolute atomic E-state index is 0.189. The Labute approximate surface area is 191 Å².